The number of benzene rings is 1. The first-order valence-electron chi connectivity index (χ1n) is 9.53. The van der Waals surface area contributed by atoms with Crippen LogP contribution in [0.15, 0.2) is 48.6 Å². The van der Waals surface area contributed by atoms with E-state index in [1.807, 2.05) is 24.3 Å². The highest BCUT2D eigenvalue weighted by Crippen LogP contribution is 2.15. The van der Waals surface area contributed by atoms with Gasteiger partial charge in [-0.25, -0.2) is 4.98 Å². The number of aromatic nitrogens is 1. The predicted octanol–water partition coefficient (Wildman–Crippen LogP) is 3.87. The van der Waals surface area contributed by atoms with Crippen LogP contribution in [-0.2, 0) is 17.9 Å². The fourth-order valence-electron chi connectivity index (χ4n) is 2.64. The first kappa shape index (κ1) is 21.4. The first-order valence-corrected chi connectivity index (χ1v) is 9.53. The summed E-state index contributed by atoms with van der Waals surface area (Å²) in [6, 6.07) is 11.1. The van der Waals surface area contributed by atoms with E-state index in [-0.39, 0.29) is 11.7 Å². The van der Waals surface area contributed by atoms with Crippen molar-refractivity contribution in [2.45, 2.75) is 39.3 Å². The van der Waals surface area contributed by atoms with Crippen molar-refractivity contribution in [2.24, 2.45) is 0 Å². The number of nitrogen functional groups attached to an aromatic ring is 1. The molecule has 1 aromatic heterocycles. The molecule has 2 rings (SSSR count). The molecule has 1 aromatic carbocycles. The fraction of sp³-hybridized carbons (Fsp3) is 0.364. The van der Waals surface area contributed by atoms with Gasteiger partial charge in [0.15, 0.2) is 0 Å². The molecule has 3 N–H and O–H groups in total. The molecule has 0 radical (unpaired) electrons. The Balaban J connectivity index is 1.85. The van der Waals surface area contributed by atoms with Crippen LogP contribution in [0.1, 0.15) is 47.8 Å². The molecule has 0 aliphatic carbocycles. The number of hydrogen-bond acceptors (Lipinski definition) is 5. The molecule has 6 nitrogen and oxygen atoms in total. The average molecular weight is 383 g/mol. The van der Waals surface area contributed by atoms with E-state index in [0.29, 0.717) is 31.0 Å². The lowest BCUT2D eigenvalue weighted by Crippen LogP contribution is -2.24. The number of allylic oxidation sites excluding steroid dienone is 2. The zero-order valence-corrected chi connectivity index (χ0v) is 16.6. The molecule has 0 bridgehead atoms. The molecule has 1 heterocycles. The number of pyridine rings is 1. The highest BCUT2D eigenvalue weighted by atomic mass is 16.5. The Bertz CT molecular complexity index is 790. The number of hydrogen-bond donors (Lipinski definition) is 2. The number of ether oxygens (including phenoxy) is 2. The minimum Gasteiger partial charge on any atom is -0.494 e. The van der Waals surface area contributed by atoms with Crippen LogP contribution in [0.5, 0.6) is 5.75 Å². The second-order valence-corrected chi connectivity index (χ2v) is 6.37. The number of nitrogens with one attached hydrogen (secondary N) is 1. The summed E-state index contributed by atoms with van der Waals surface area (Å²) in [6.07, 6.45) is 7.40. The maximum absolute atomic E-state index is 12.4. The summed E-state index contributed by atoms with van der Waals surface area (Å²) in [5, 5.41) is 2.87. The van der Waals surface area contributed by atoms with Gasteiger partial charge in [0.25, 0.3) is 5.91 Å². The number of carbonyl (C=O) groups excluding carboxylic acids is 1. The molecule has 0 aliphatic rings. The van der Waals surface area contributed by atoms with E-state index in [1.54, 1.807) is 19.2 Å². The quantitative estimate of drug-likeness (QED) is 0.454. The van der Waals surface area contributed by atoms with E-state index in [4.69, 9.17) is 15.2 Å². The lowest BCUT2D eigenvalue weighted by molar-refractivity contribution is 0.0951. The molecule has 0 saturated carbocycles. The van der Waals surface area contributed by atoms with Crippen LogP contribution in [0, 0.1) is 0 Å². The van der Waals surface area contributed by atoms with E-state index in [2.05, 4.69) is 29.4 Å². The van der Waals surface area contributed by atoms with Crippen LogP contribution in [0.2, 0.25) is 0 Å². The Kier molecular flexibility index (Phi) is 9.01. The standard InChI is InChI=1S/C22H29N3O3/c1-3-4-5-6-7-13-28-19-10-8-9-17(14-19)15-24-22(26)20-12-11-18(16-27-2)25-21(20)23/h4-5,8-12,14H,3,6-7,13,15-16H2,1-2H3,(H2,23,25)(H,24,26)/b5-4+. The SMILES string of the molecule is CC/C=C/CCCOc1cccc(CNC(=O)c2ccc(COC)nc2N)c1. The summed E-state index contributed by atoms with van der Waals surface area (Å²) in [6.45, 7) is 3.53. The number of rotatable bonds is 11. The summed E-state index contributed by atoms with van der Waals surface area (Å²) in [7, 11) is 1.58. The largest absolute Gasteiger partial charge is 0.494 e. The molecular weight excluding hydrogens is 354 g/mol. The summed E-state index contributed by atoms with van der Waals surface area (Å²) in [5.74, 6) is 0.737. The zero-order valence-electron chi connectivity index (χ0n) is 16.6. The van der Waals surface area contributed by atoms with E-state index in [9.17, 15) is 4.79 Å². The maximum atomic E-state index is 12.4. The van der Waals surface area contributed by atoms with Crippen LogP contribution in [0.3, 0.4) is 0 Å². The highest BCUT2D eigenvalue weighted by Gasteiger charge is 2.11. The number of methoxy groups -OCH3 is 1. The molecule has 6 heteroatoms. The van der Waals surface area contributed by atoms with E-state index in [1.165, 1.54) is 0 Å². The Morgan fingerprint density at radius 3 is 2.86 bits per heavy atom. The van der Waals surface area contributed by atoms with Gasteiger partial charge in [0.05, 0.1) is 24.5 Å². The maximum Gasteiger partial charge on any atom is 0.255 e. The summed E-state index contributed by atoms with van der Waals surface area (Å²) in [4.78, 5) is 16.6. The van der Waals surface area contributed by atoms with Crippen LogP contribution in [0.25, 0.3) is 0 Å². The van der Waals surface area contributed by atoms with Crippen LogP contribution in [0.4, 0.5) is 5.82 Å². The monoisotopic (exact) mass is 383 g/mol. The molecule has 0 spiro atoms. The van der Waals surface area contributed by atoms with Crippen molar-refractivity contribution in [2.75, 3.05) is 19.5 Å². The number of nitrogens with two attached hydrogens (primary N) is 1. The van der Waals surface area contributed by atoms with Crippen molar-refractivity contribution < 1.29 is 14.3 Å². The third-order valence-electron chi connectivity index (χ3n) is 4.06. The lowest BCUT2D eigenvalue weighted by Gasteiger charge is -2.10. The Morgan fingerprint density at radius 2 is 2.11 bits per heavy atom. The fourth-order valence-corrected chi connectivity index (χ4v) is 2.64. The topological polar surface area (TPSA) is 86.5 Å². The van der Waals surface area contributed by atoms with Gasteiger partial charge in [0.1, 0.15) is 11.6 Å². The summed E-state index contributed by atoms with van der Waals surface area (Å²) in [5.41, 5.74) is 7.89. The third kappa shape index (κ3) is 7.04. The first-order chi connectivity index (χ1) is 13.6. The highest BCUT2D eigenvalue weighted by molar-refractivity contribution is 5.98. The van der Waals surface area contributed by atoms with Gasteiger partial charge < -0.3 is 20.5 Å². The number of nitrogens with zero attached hydrogens (tertiary/aromatic N) is 1. The molecule has 28 heavy (non-hydrogen) atoms. The van der Waals surface area contributed by atoms with Crippen molar-refractivity contribution in [1.29, 1.82) is 0 Å². The van der Waals surface area contributed by atoms with Gasteiger partial charge in [0.2, 0.25) is 0 Å². The van der Waals surface area contributed by atoms with Gasteiger partial charge in [-0.15, -0.1) is 0 Å². The second kappa shape index (κ2) is 11.8. The molecule has 1 amide bonds. The van der Waals surface area contributed by atoms with Gasteiger partial charge in [-0.1, -0.05) is 31.2 Å². The smallest absolute Gasteiger partial charge is 0.255 e. The number of amides is 1. The minimum atomic E-state index is -0.261. The van der Waals surface area contributed by atoms with Gasteiger partial charge >= 0.3 is 0 Å². The molecule has 2 aromatic rings. The van der Waals surface area contributed by atoms with Crippen molar-refractivity contribution in [3.05, 3.63) is 65.4 Å². The van der Waals surface area contributed by atoms with Crippen LogP contribution < -0.4 is 15.8 Å². The zero-order chi connectivity index (χ0) is 20.2. The molecule has 0 atom stereocenters. The molecule has 0 aliphatic heterocycles. The van der Waals surface area contributed by atoms with Gasteiger partial charge in [-0.3, -0.25) is 4.79 Å². The van der Waals surface area contributed by atoms with Crippen molar-refractivity contribution in [3.8, 4) is 5.75 Å². The molecule has 0 saturated heterocycles. The summed E-state index contributed by atoms with van der Waals surface area (Å²) >= 11 is 0. The number of unbranched alkanes of at least 4 members (excludes halogenated alkanes) is 1. The Morgan fingerprint density at radius 1 is 1.25 bits per heavy atom. The van der Waals surface area contributed by atoms with E-state index < -0.39 is 0 Å². The van der Waals surface area contributed by atoms with E-state index >= 15 is 0 Å². The second-order valence-electron chi connectivity index (χ2n) is 6.37. The molecular formula is C22H29N3O3. The Hall–Kier alpha value is -2.86. The molecule has 0 fully saturated rings. The van der Waals surface area contributed by atoms with Gasteiger partial charge in [0, 0.05) is 13.7 Å². The number of anilines is 1. The normalized spacial score (nSPS) is 10.9. The van der Waals surface area contributed by atoms with Crippen molar-refractivity contribution >= 4 is 11.7 Å². The predicted molar refractivity (Wildman–Crippen MR) is 111 cm³/mol. The Labute approximate surface area is 166 Å². The van der Waals surface area contributed by atoms with Gasteiger partial charge in [-0.05, 0) is 49.1 Å². The van der Waals surface area contributed by atoms with Crippen LogP contribution in [-0.4, -0.2) is 24.6 Å². The third-order valence-corrected chi connectivity index (χ3v) is 4.06. The lowest BCUT2D eigenvalue weighted by atomic mass is 10.2. The van der Waals surface area contributed by atoms with Gasteiger partial charge in [-0.2, -0.15) is 0 Å². The van der Waals surface area contributed by atoms with Crippen molar-refractivity contribution in [1.82, 2.24) is 10.3 Å². The molecule has 150 valence electrons. The van der Waals surface area contributed by atoms with Crippen molar-refractivity contribution in [3.63, 3.8) is 0 Å². The molecule has 0 unspecified atom stereocenters. The average Bonchev–Trinajstić information content (AvgIpc) is 2.69. The summed E-state index contributed by atoms with van der Waals surface area (Å²) < 4.78 is 10.8. The minimum absolute atomic E-state index is 0.196. The number of carbonyl (C=O) groups is 1. The van der Waals surface area contributed by atoms with Crippen LogP contribution >= 0.6 is 0 Å². The van der Waals surface area contributed by atoms with E-state index in [0.717, 1.165) is 30.6 Å².